The summed E-state index contributed by atoms with van der Waals surface area (Å²) >= 11 is 0. The molecule has 0 heterocycles. The Balaban J connectivity index is 2.68. The zero-order valence-corrected chi connectivity index (χ0v) is 10.6. The maximum Gasteiger partial charge on any atom is 0.143 e. The molecule has 98 valence electrons. The molecule has 0 fully saturated rings. The molecule has 0 radical (unpaired) electrons. The number of nitrogens with zero attached hydrogens (tertiary/aromatic N) is 1. The summed E-state index contributed by atoms with van der Waals surface area (Å²) in [7, 11) is 1.54. The van der Waals surface area contributed by atoms with Crippen molar-refractivity contribution < 1.29 is 14.6 Å². The van der Waals surface area contributed by atoms with Crippen LogP contribution in [0.2, 0.25) is 0 Å². The standard InChI is InChI=1S/C13H18N2O3/c1-3-18-9-11(16)8-15-13-10(7-14)5-4-6-12(13)17-2/h4-6,11,15-16H,3,8-9H2,1-2H3. The fourth-order valence-electron chi connectivity index (χ4n) is 1.51. The summed E-state index contributed by atoms with van der Waals surface area (Å²) in [6.45, 7) is 3.00. The van der Waals surface area contributed by atoms with Crippen molar-refractivity contribution in [3.05, 3.63) is 23.8 Å². The molecule has 0 saturated heterocycles. The summed E-state index contributed by atoms with van der Waals surface area (Å²) in [4.78, 5) is 0. The number of aliphatic hydroxyl groups excluding tert-OH is 1. The van der Waals surface area contributed by atoms with E-state index in [-0.39, 0.29) is 6.61 Å². The highest BCUT2D eigenvalue weighted by molar-refractivity contribution is 5.66. The van der Waals surface area contributed by atoms with Crippen LogP contribution in [0.25, 0.3) is 0 Å². The normalized spacial score (nSPS) is 11.7. The predicted octanol–water partition coefficient (Wildman–Crippen LogP) is 1.38. The molecule has 2 N–H and O–H groups in total. The summed E-state index contributed by atoms with van der Waals surface area (Å²) in [6, 6.07) is 7.29. The zero-order chi connectivity index (χ0) is 13.4. The van der Waals surface area contributed by atoms with Gasteiger partial charge in [-0.2, -0.15) is 5.26 Å². The second-order valence-electron chi connectivity index (χ2n) is 3.69. The predicted molar refractivity (Wildman–Crippen MR) is 68.7 cm³/mol. The smallest absolute Gasteiger partial charge is 0.143 e. The molecule has 5 nitrogen and oxygen atoms in total. The van der Waals surface area contributed by atoms with Crippen molar-refractivity contribution in [1.82, 2.24) is 0 Å². The topological polar surface area (TPSA) is 74.5 Å². The molecule has 0 aliphatic heterocycles. The first-order valence-electron chi connectivity index (χ1n) is 5.79. The number of rotatable bonds is 7. The number of anilines is 1. The number of methoxy groups -OCH3 is 1. The molecule has 18 heavy (non-hydrogen) atoms. The van der Waals surface area contributed by atoms with Crippen LogP contribution in [0, 0.1) is 11.3 Å². The fourth-order valence-corrected chi connectivity index (χ4v) is 1.51. The van der Waals surface area contributed by atoms with Gasteiger partial charge in [0.25, 0.3) is 0 Å². The van der Waals surface area contributed by atoms with Crippen molar-refractivity contribution in [2.24, 2.45) is 0 Å². The lowest BCUT2D eigenvalue weighted by molar-refractivity contribution is 0.0495. The Morgan fingerprint density at radius 2 is 2.28 bits per heavy atom. The Morgan fingerprint density at radius 3 is 2.89 bits per heavy atom. The highest BCUT2D eigenvalue weighted by atomic mass is 16.5. The van der Waals surface area contributed by atoms with E-state index in [0.29, 0.717) is 30.2 Å². The second-order valence-corrected chi connectivity index (χ2v) is 3.69. The van der Waals surface area contributed by atoms with E-state index < -0.39 is 6.10 Å². The van der Waals surface area contributed by atoms with Crippen LogP contribution >= 0.6 is 0 Å². The van der Waals surface area contributed by atoms with Crippen LogP contribution < -0.4 is 10.1 Å². The van der Waals surface area contributed by atoms with Crippen molar-refractivity contribution in [2.75, 3.05) is 32.2 Å². The first-order chi connectivity index (χ1) is 8.72. The van der Waals surface area contributed by atoms with Crippen LogP contribution in [0.5, 0.6) is 5.75 Å². The number of nitriles is 1. The van der Waals surface area contributed by atoms with Crippen LogP contribution in [0.4, 0.5) is 5.69 Å². The molecule has 0 aromatic heterocycles. The SMILES string of the molecule is CCOCC(O)CNc1c(C#N)cccc1OC. The summed E-state index contributed by atoms with van der Waals surface area (Å²) in [5, 5.41) is 21.7. The Hall–Kier alpha value is -1.77. The monoisotopic (exact) mass is 250 g/mol. The molecule has 1 unspecified atom stereocenters. The lowest BCUT2D eigenvalue weighted by Gasteiger charge is -2.15. The average molecular weight is 250 g/mol. The van der Waals surface area contributed by atoms with Crippen LogP contribution in [0.15, 0.2) is 18.2 Å². The van der Waals surface area contributed by atoms with Crippen LogP contribution in [-0.4, -0.2) is 38.1 Å². The van der Waals surface area contributed by atoms with Gasteiger partial charge in [-0.3, -0.25) is 0 Å². The number of hydrogen-bond acceptors (Lipinski definition) is 5. The van der Waals surface area contributed by atoms with Gasteiger partial charge in [0.2, 0.25) is 0 Å². The summed E-state index contributed by atoms with van der Waals surface area (Å²) in [5.74, 6) is 0.581. The van der Waals surface area contributed by atoms with Crippen LogP contribution in [-0.2, 0) is 4.74 Å². The molecule has 1 rings (SSSR count). The molecule has 0 amide bonds. The third-order valence-corrected chi connectivity index (χ3v) is 2.40. The number of hydrogen-bond donors (Lipinski definition) is 2. The van der Waals surface area contributed by atoms with Crippen molar-refractivity contribution in [3.8, 4) is 11.8 Å². The van der Waals surface area contributed by atoms with Crippen molar-refractivity contribution in [3.63, 3.8) is 0 Å². The van der Waals surface area contributed by atoms with Gasteiger partial charge in [-0.1, -0.05) is 6.07 Å². The Labute approximate surface area is 107 Å². The number of aliphatic hydroxyl groups is 1. The van der Waals surface area contributed by atoms with Crippen molar-refractivity contribution >= 4 is 5.69 Å². The quantitative estimate of drug-likeness (QED) is 0.764. The number of nitrogens with one attached hydrogen (secondary N) is 1. The van der Waals surface area contributed by atoms with E-state index >= 15 is 0 Å². The highest BCUT2D eigenvalue weighted by Gasteiger charge is 2.10. The van der Waals surface area contributed by atoms with Gasteiger partial charge < -0.3 is 19.9 Å². The van der Waals surface area contributed by atoms with E-state index in [2.05, 4.69) is 11.4 Å². The maximum atomic E-state index is 9.66. The van der Waals surface area contributed by atoms with Gasteiger partial charge in [-0.25, -0.2) is 0 Å². The van der Waals surface area contributed by atoms with E-state index in [1.807, 2.05) is 6.92 Å². The van der Waals surface area contributed by atoms with E-state index in [4.69, 9.17) is 14.7 Å². The second kappa shape index (κ2) is 7.54. The molecular weight excluding hydrogens is 232 g/mol. The third kappa shape index (κ3) is 3.91. The summed E-state index contributed by atoms with van der Waals surface area (Å²) < 4.78 is 10.3. The Morgan fingerprint density at radius 1 is 1.50 bits per heavy atom. The summed E-state index contributed by atoms with van der Waals surface area (Å²) in [5.41, 5.74) is 1.08. The average Bonchev–Trinajstić information content (AvgIpc) is 2.42. The van der Waals surface area contributed by atoms with E-state index in [9.17, 15) is 5.11 Å². The van der Waals surface area contributed by atoms with Crippen LogP contribution in [0.1, 0.15) is 12.5 Å². The zero-order valence-electron chi connectivity index (χ0n) is 10.6. The van der Waals surface area contributed by atoms with Crippen LogP contribution in [0.3, 0.4) is 0 Å². The molecule has 0 aliphatic rings. The molecule has 5 heteroatoms. The fraction of sp³-hybridized carbons (Fsp3) is 0.462. The van der Waals surface area contributed by atoms with Gasteiger partial charge in [-0.15, -0.1) is 0 Å². The Kier molecular flexibility index (Phi) is 5.98. The molecular formula is C13H18N2O3. The molecule has 1 aromatic rings. The van der Waals surface area contributed by atoms with E-state index in [1.54, 1.807) is 18.2 Å². The van der Waals surface area contributed by atoms with Gasteiger partial charge in [0.15, 0.2) is 0 Å². The van der Waals surface area contributed by atoms with Crippen molar-refractivity contribution in [1.29, 1.82) is 5.26 Å². The van der Waals surface area contributed by atoms with Gasteiger partial charge >= 0.3 is 0 Å². The lowest BCUT2D eigenvalue weighted by Crippen LogP contribution is -2.25. The first kappa shape index (κ1) is 14.3. The minimum Gasteiger partial charge on any atom is -0.495 e. The minimum atomic E-state index is -0.624. The molecule has 0 bridgehead atoms. The van der Waals surface area contributed by atoms with Crippen molar-refractivity contribution in [2.45, 2.75) is 13.0 Å². The molecule has 1 atom stereocenters. The molecule has 0 aliphatic carbocycles. The van der Waals surface area contributed by atoms with E-state index in [0.717, 1.165) is 0 Å². The van der Waals surface area contributed by atoms with Gasteiger partial charge in [0.05, 0.1) is 31.1 Å². The van der Waals surface area contributed by atoms with E-state index in [1.165, 1.54) is 7.11 Å². The van der Waals surface area contributed by atoms with Gasteiger partial charge in [-0.05, 0) is 19.1 Å². The number of para-hydroxylation sites is 1. The maximum absolute atomic E-state index is 9.66. The molecule has 0 saturated carbocycles. The number of benzene rings is 1. The largest absolute Gasteiger partial charge is 0.495 e. The summed E-state index contributed by atoms with van der Waals surface area (Å²) in [6.07, 6.45) is -0.624. The highest BCUT2D eigenvalue weighted by Crippen LogP contribution is 2.27. The first-order valence-corrected chi connectivity index (χ1v) is 5.79. The minimum absolute atomic E-state index is 0.264. The van der Waals surface area contributed by atoms with Gasteiger partial charge in [0.1, 0.15) is 11.8 Å². The number of ether oxygens (including phenoxy) is 2. The van der Waals surface area contributed by atoms with Gasteiger partial charge in [0, 0.05) is 13.2 Å². The lowest BCUT2D eigenvalue weighted by atomic mass is 10.1. The third-order valence-electron chi connectivity index (χ3n) is 2.40. The molecule has 0 spiro atoms. The molecule has 1 aromatic carbocycles. The Bertz CT molecular complexity index is 415.